The first-order chi connectivity index (χ1) is 8.81. The second-order valence-electron chi connectivity index (χ2n) is 4.41. The molecule has 0 saturated carbocycles. The molecule has 0 aromatic heterocycles. The van der Waals surface area contributed by atoms with Crippen LogP contribution in [0.15, 0.2) is 48.5 Å². The van der Waals surface area contributed by atoms with Gasteiger partial charge in [0, 0.05) is 12.2 Å². The maximum atomic E-state index is 3.28. The summed E-state index contributed by atoms with van der Waals surface area (Å²) in [5.74, 6) is 0. The normalized spacial score (nSPS) is 10.3. The van der Waals surface area contributed by atoms with E-state index in [0.717, 1.165) is 18.7 Å². The highest BCUT2D eigenvalue weighted by molar-refractivity contribution is 5.41. The fourth-order valence-electron chi connectivity index (χ4n) is 2.10. The molecule has 2 aromatic rings. The monoisotopic (exact) mass is 240 g/mol. The first kappa shape index (κ1) is 12.7. The van der Waals surface area contributed by atoms with E-state index in [1.807, 2.05) is 30.3 Å². The third-order valence-electron chi connectivity index (χ3n) is 3.16. The van der Waals surface area contributed by atoms with Crippen molar-refractivity contribution in [2.75, 3.05) is 5.43 Å². The number of benzene rings is 2. The van der Waals surface area contributed by atoms with Gasteiger partial charge >= 0.3 is 0 Å². The standard InChI is InChI=1S/C16H20N2/c1-3-14-9-7-8-13(2)16(14)12-17-18-15-10-5-4-6-11-15/h4-11,17-18H,3,12H2,1-2H3. The summed E-state index contributed by atoms with van der Waals surface area (Å²) in [5.41, 5.74) is 11.7. The summed E-state index contributed by atoms with van der Waals surface area (Å²) >= 11 is 0. The van der Waals surface area contributed by atoms with E-state index in [1.54, 1.807) is 0 Å². The lowest BCUT2D eigenvalue weighted by molar-refractivity contribution is 0.785. The van der Waals surface area contributed by atoms with E-state index in [9.17, 15) is 0 Å². The lowest BCUT2D eigenvalue weighted by atomic mass is 10.0. The number of rotatable bonds is 5. The molecule has 2 N–H and O–H groups in total. The summed E-state index contributed by atoms with van der Waals surface area (Å²) in [4.78, 5) is 0. The maximum Gasteiger partial charge on any atom is 0.0487 e. The van der Waals surface area contributed by atoms with Gasteiger partial charge in [0.05, 0.1) is 0 Å². The quantitative estimate of drug-likeness (QED) is 0.779. The summed E-state index contributed by atoms with van der Waals surface area (Å²) < 4.78 is 0. The summed E-state index contributed by atoms with van der Waals surface area (Å²) in [5, 5.41) is 0. The summed E-state index contributed by atoms with van der Waals surface area (Å²) in [7, 11) is 0. The van der Waals surface area contributed by atoms with E-state index in [4.69, 9.17) is 0 Å². The van der Waals surface area contributed by atoms with Crippen LogP contribution in [0, 0.1) is 6.92 Å². The van der Waals surface area contributed by atoms with E-state index in [1.165, 1.54) is 16.7 Å². The predicted molar refractivity (Wildman–Crippen MR) is 77.5 cm³/mol. The molecule has 0 bridgehead atoms. The smallest absolute Gasteiger partial charge is 0.0487 e. The first-order valence-electron chi connectivity index (χ1n) is 6.42. The third kappa shape index (κ3) is 3.11. The Kier molecular flexibility index (Phi) is 4.37. The van der Waals surface area contributed by atoms with Crippen molar-refractivity contribution < 1.29 is 0 Å². The zero-order chi connectivity index (χ0) is 12.8. The number of hydrogen-bond donors (Lipinski definition) is 2. The molecule has 0 aliphatic carbocycles. The number of nitrogens with one attached hydrogen (secondary N) is 2. The minimum absolute atomic E-state index is 0.838. The minimum atomic E-state index is 0.838. The molecule has 0 aliphatic rings. The highest BCUT2D eigenvalue weighted by atomic mass is 15.3. The Morgan fingerprint density at radius 2 is 1.72 bits per heavy atom. The van der Waals surface area contributed by atoms with Crippen LogP contribution in [0.4, 0.5) is 5.69 Å². The van der Waals surface area contributed by atoms with Gasteiger partial charge in [0.1, 0.15) is 0 Å². The molecule has 0 heterocycles. The van der Waals surface area contributed by atoms with Gasteiger partial charge in [-0.25, -0.2) is 5.43 Å². The highest BCUT2D eigenvalue weighted by Crippen LogP contribution is 2.14. The van der Waals surface area contributed by atoms with Gasteiger partial charge in [-0.1, -0.05) is 43.3 Å². The largest absolute Gasteiger partial charge is 0.321 e. The molecular formula is C16H20N2. The van der Waals surface area contributed by atoms with Gasteiger partial charge in [0.25, 0.3) is 0 Å². The van der Waals surface area contributed by atoms with Crippen LogP contribution in [0.3, 0.4) is 0 Å². The van der Waals surface area contributed by atoms with Crippen LogP contribution in [0.25, 0.3) is 0 Å². The topological polar surface area (TPSA) is 24.1 Å². The summed E-state index contributed by atoms with van der Waals surface area (Å²) in [6, 6.07) is 16.6. The van der Waals surface area contributed by atoms with E-state index < -0.39 is 0 Å². The Bertz CT molecular complexity index is 492. The maximum absolute atomic E-state index is 3.28. The third-order valence-corrected chi connectivity index (χ3v) is 3.16. The number of para-hydroxylation sites is 1. The molecule has 0 amide bonds. The zero-order valence-corrected chi connectivity index (χ0v) is 11.0. The molecule has 2 nitrogen and oxygen atoms in total. The Hall–Kier alpha value is -1.80. The highest BCUT2D eigenvalue weighted by Gasteiger charge is 2.03. The Morgan fingerprint density at radius 3 is 2.44 bits per heavy atom. The van der Waals surface area contributed by atoms with Crippen LogP contribution in [0.1, 0.15) is 23.6 Å². The van der Waals surface area contributed by atoms with Crippen molar-refractivity contribution in [3.8, 4) is 0 Å². The van der Waals surface area contributed by atoms with Crippen LogP contribution >= 0.6 is 0 Å². The summed E-state index contributed by atoms with van der Waals surface area (Å²) in [6.45, 7) is 5.20. The first-order valence-corrected chi connectivity index (χ1v) is 6.42. The molecule has 2 aromatic carbocycles. The number of hydrazine groups is 1. The number of anilines is 1. The van der Waals surface area contributed by atoms with Crippen LogP contribution in [-0.4, -0.2) is 0 Å². The van der Waals surface area contributed by atoms with Crippen LogP contribution < -0.4 is 10.9 Å². The average Bonchev–Trinajstić information content (AvgIpc) is 2.41. The van der Waals surface area contributed by atoms with Crippen molar-refractivity contribution in [3.63, 3.8) is 0 Å². The fourth-order valence-corrected chi connectivity index (χ4v) is 2.10. The molecule has 94 valence electrons. The van der Waals surface area contributed by atoms with E-state index in [2.05, 4.69) is 42.9 Å². The minimum Gasteiger partial charge on any atom is -0.321 e. The van der Waals surface area contributed by atoms with Crippen molar-refractivity contribution in [1.29, 1.82) is 0 Å². The molecule has 0 saturated heterocycles. The van der Waals surface area contributed by atoms with Crippen molar-refractivity contribution >= 4 is 5.69 Å². The molecule has 0 fully saturated rings. The second-order valence-corrected chi connectivity index (χ2v) is 4.41. The van der Waals surface area contributed by atoms with E-state index in [0.29, 0.717) is 0 Å². The van der Waals surface area contributed by atoms with Crippen molar-refractivity contribution in [2.24, 2.45) is 0 Å². The second kappa shape index (κ2) is 6.22. The number of hydrogen-bond acceptors (Lipinski definition) is 2. The zero-order valence-electron chi connectivity index (χ0n) is 11.0. The van der Waals surface area contributed by atoms with Gasteiger partial charge in [-0.15, -0.1) is 0 Å². The number of aryl methyl sites for hydroxylation is 2. The van der Waals surface area contributed by atoms with Gasteiger partial charge in [0.2, 0.25) is 0 Å². The fraction of sp³-hybridized carbons (Fsp3) is 0.250. The van der Waals surface area contributed by atoms with Gasteiger partial charge in [-0.05, 0) is 42.2 Å². The van der Waals surface area contributed by atoms with Gasteiger partial charge < -0.3 is 5.43 Å². The van der Waals surface area contributed by atoms with Crippen LogP contribution in [0.5, 0.6) is 0 Å². The lowest BCUT2D eigenvalue weighted by Gasteiger charge is -2.13. The molecular weight excluding hydrogens is 220 g/mol. The van der Waals surface area contributed by atoms with Crippen LogP contribution in [-0.2, 0) is 13.0 Å². The van der Waals surface area contributed by atoms with Crippen molar-refractivity contribution in [2.45, 2.75) is 26.8 Å². The SMILES string of the molecule is CCc1cccc(C)c1CNNc1ccccc1. The van der Waals surface area contributed by atoms with Gasteiger partial charge in [-0.3, -0.25) is 0 Å². The molecule has 0 spiro atoms. The lowest BCUT2D eigenvalue weighted by Crippen LogP contribution is -2.22. The molecule has 0 unspecified atom stereocenters. The van der Waals surface area contributed by atoms with Crippen molar-refractivity contribution in [3.05, 3.63) is 65.2 Å². The molecule has 0 aliphatic heterocycles. The van der Waals surface area contributed by atoms with E-state index >= 15 is 0 Å². The van der Waals surface area contributed by atoms with Gasteiger partial charge in [0.15, 0.2) is 0 Å². The molecule has 0 atom stereocenters. The Balaban J connectivity index is 1.98. The average molecular weight is 240 g/mol. The molecule has 2 rings (SSSR count). The molecule has 0 radical (unpaired) electrons. The van der Waals surface area contributed by atoms with Crippen LogP contribution in [0.2, 0.25) is 0 Å². The van der Waals surface area contributed by atoms with Crippen molar-refractivity contribution in [1.82, 2.24) is 5.43 Å². The molecule has 18 heavy (non-hydrogen) atoms. The Labute approximate surface area is 109 Å². The molecule has 2 heteroatoms. The predicted octanol–water partition coefficient (Wildman–Crippen LogP) is 3.67. The van der Waals surface area contributed by atoms with Gasteiger partial charge in [-0.2, -0.15) is 0 Å². The van der Waals surface area contributed by atoms with E-state index in [-0.39, 0.29) is 0 Å². The summed E-state index contributed by atoms with van der Waals surface area (Å²) in [6.07, 6.45) is 1.07. The Morgan fingerprint density at radius 1 is 0.944 bits per heavy atom.